The second-order valence-electron chi connectivity index (χ2n) is 6.76. The van der Waals surface area contributed by atoms with E-state index in [2.05, 4.69) is 10.3 Å². The first kappa shape index (κ1) is 17.5. The van der Waals surface area contributed by atoms with Crippen LogP contribution in [0.15, 0.2) is 48.7 Å². The molecule has 0 aliphatic heterocycles. The zero-order valence-electron chi connectivity index (χ0n) is 14.2. The van der Waals surface area contributed by atoms with Crippen molar-refractivity contribution < 1.29 is 9.90 Å². The van der Waals surface area contributed by atoms with Crippen molar-refractivity contribution in [2.24, 2.45) is 5.41 Å². The Bertz CT molecular complexity index is 918. The number of hydrogen-bond acceptors (Lipinski definition) is 3. The van der Waals surface area contributed by atoms with Crippen LogP contribution in [0.1, 0.15) is 24.3 Å². The molecule has 2 heterocycles. The lowest BCUT2D eigenvalue weighted by atomic mass is 9.95. The Kier molecular flexibility index (Phi) is 4.79. The molecule has 0 bridgehead atoms. The highest BCUT2D eigenvalue weighted by atomic mass is 35.5. The van der Waals surface area contributed by atoms with Crippen molar-refractivity contribution in [1.29, 1.82) is 0 Å². The summed E-state index contributed by atoms with van der Waals surface area (Å²) in [5, 5.41) is 12.8. The van der Waals surface area contributed by atoms with Crippen molar-refractivity contribution in [2.45, 2.75) is 13.8 Å². The van der Waals surface area contributed by atoms with E-state index in [-0.39, 0.29) is 17.9 Å². The number of pyridine rings is 1. The van der Waals surface area contributed by atoms with Gasteiger partial charge in [0.1, 0.15) is 5.82 Å². The summed E-state index contributed by atoms with van der Waals surface area (Å²) in [6, 6.07) is 13.0. The minimum Gasteiger partial charge on any atom is -0.396 e. The molecule has 130 valence electrons. The topological polar surface area (TPSA) is 66.6 Å². The number of carbonyl (C=O) groups is 1. The van der Waals surface area contributed by atoms with Crippen LogP contribution in [0.25, 0.3) is 16.9 Å². The molecule has 0 atom stereocenters. The summed E-state index contributed by atoms with van der Waals surface area (Å²) in [7, 11) is 0. The number of amides is 1. The molecule has 0 aliphatic rings. The zero-order chi connectivity index (χ0) is 18.0. The van der Waals surface area contributed by atoms with Gasteiger partial charge in [0.05, 0.1) is 5.52 Å². The fraction of sp³-hybridized carbons (Fsp3) is 0.263. The van der Waals surface area contributed by atoms with E-state index in [0.29, 0.717) is 23.1 Å². The number of fused-ring (bicyclic) bond motifs is 1. The van der Waals surface area contributed by atoms with Gasteiger partial charge in [-0.3, -0.25) is 9.20 Å². The van der Waals surface area contributed by atoms with E-state index in [1.165, 1.54) is 0 Å². The molecule has 0 radical (unpaired) electrons. The first-order valence-electron chi connectivity index (χ1n) is 8.03. The standard InChI is InChI=1S/C19H20ClN3O2/c1-19(2,12-24)11-21-18(25)16-15-8-3-4-9-23(15)17(22-16)13-6-5-7-14(20)10-13/h3-10,24H,11-12H2,1-2H3,(H,21,25). The van der Waals surface area contributed by atoms with Gasteiger partial charge in [0.25, 0.3) is 5.91 Å². The second-order valence-corrected chi connectivity index (χ2v) is 7.19. The van der Waals surface area contributed by atoms with Crippen LogP contribution in [0.2, 0.25) is 5.02 Å². The van der Waals surface area contributed by atoms with Crippen LogP contribution in [0.5, 0.6) is 0 Å². The van der Waals surface area contributed by atoms with Crippen molar-refractivity contribution in [3.05, 3.63) is 59.4 Å². The van der Waals surface area contributed by atoms with E-state index in [1.54, 1.807) is 6.07 Å². The van der Waals surface area contributed by atoms with Gasteiger partial charge in [-0.25, -0.2) is 4.98 Å². The lowest BCUT2D eigenvalue weighted by Gasteiger charge is -2.21. The van der Waals surface area contributed by atoms with Crippen molar-refractivity contribution >= 4 is 23.0 Å². The summed E-state index contributed by atoms with van der Waals surface area (Å²) in [4.78, 5) is 17.2. The maximum absolute atomic E-state index is 12.6. The Balaban J connectivity index is 2.01. The molecule has 0 spiro atoms. The van der Waals surface area contributed by atoms with Crippen LogP contribution in [0, 0.1) is 5.41 Å². The van der Waals surface area contributed by atoms with Crippen LogP contribution in [-0.4, -0.2) is 33.6 Å². The number of nitrogens with one attached hydrogen (secondary N) is 1. The van der Waals surface area contributed by atoms with Gasteiger partial charge in [-0.2, -0.15) is 0 Å². The molecule has 3 rings (SSSR count). The number of halogens is 1. The van der Waals surface area contributed by atoms with E-state index < -0.39 is 0 Å². The van der Waals surface area contributed by atoms with Crippen molar-refractivity contribution in [1.82, 2.24) is 14.7 Å². The van der Waals surface area contributed by atoms with E-state index in [9.17, 15) is 9.90 Å². The predicted molar refractivity (Wildman–Crippen MR) is 98.8 cm³/mol. The smallest absolute Gasteiger partial charge is 0.272 e. The van der Waals surface area contributed by atoms with Gasteiger partial charge in [0.15, 0.2) is 5.69 Å². The van der Waals surface area contributed by atoms with Crippen LogP contribution < -0.4 is 5.32 Å². The molecule has 5 nitrogen and oxygen atoms in total. The Morgan fingerprint density at radius 1 is 1.28 bits per heavy atom. The second kappa shape index (κ2) is 6.86. The molecule has 0 saturated carbocycles. The number of aromatic nitrogens is 2. The third-order valence-electron chi connectivity index (χ3n) is 4.00. The highest BCUT2D eigenvalue weighted by Gasteiger charge is 2.22. The van der Waals surface area contributed by atoms with Gasteiger partial charge in [-0.05, 0) is 24.3 Å². The summed E-state index contributed by atoms with van der Waals surface area (Å²) in [6.45, 7) is 4.12. The molecule has 2 aromatic heterocycles. The molecule has 25 heavy (non-hydrogen) atoms. The Labute approximate surface area is 151 Å². The number of nitrogens with zero attached hydrogens (tertiary/aromatic N) is 2. The van der Waals surface area contributed by atoms with Crippen LogP contribution in [0.4, 0.5) is 0 Å². The monoisotopic (exact) mass is 357 g/mol. The molecule has 1 amide bonds. The van der Waals surface area contributed by atoms with Gasteiger partial charge < -0.3 is 10.4 Å². The number of aliphatic hydroxyl groups excluding tert-OH is 1. The predicted octanol–water partition coefficient (Wildman–Crippen LogP) is 3.40. The first-order valence-corrected chi connectivity index (χ1v) is 8.41. The SMILES string of the molecule is CC(C)(CO)CNC(=O)c1nc(-c2cccc(Cl)c2)n2ccccc12. The maximum atomic E-state index is 12.6. The van der Waals surface area contributed by atoms with Gasteiger partial charge >= 0.3 is 0 Å². The first-order chi connectivity index (χ1) is 11.9. The normalized spacial score (nSPS) is 11.7. The number of imidazole rings is 1. The highest BCUT2D eigenvalue weighted by Crippen LogP contribution is 2.25. The molecule has 0 saturated heterocycles. The van der Waals surface area contributed by atoms with E-state index in [0.717, 1.165) is 11.1 Å². The molecular weight excluding hydrogens is 338 g/mol. The number of carbonyl (C=O) groups excluding carboxylic acids is 1. The third kappa shape index (κ3) is 3.67. The third-order valence-corrected chi connectivity index (χ3v) is 4.24. The fourth-order valence-corrected chi connectivity index (χ4v) is 2.69. The van der Waals surface area contributed by atoms with Crippen molar-refractivity contribution in [2.75, 3.05) is 13.2 Å². The minimum atomic E-state index is -0.388. The van der Waals surface area contributed by atoms with Gasteiger partial charge in [-0.1, -0.05) is 43.6 Å². The van der Waals surface area contributed by atoms with E-state index in [1.807, 2.05) is 60.8 Å². The van der Waals surface area contributed by atoms with E-state index in [4.69, 9.17) is 11.6 Å². The Hall–Kier alpha value is -2.37. The largest absolute Gasteiger partial charge is 0.396 e. The maximum Gasteiger partial charge on any atom is 0.272 e. The van der Waals surface area contributed by atoms with E-state index >= 15 is 0 Å². The summed E-state index contributed by atoms with van der Waals surface area (Å²) >= 11 is 6.09. The molecule has 3 aromatic rings. The summed E-state index contributed by atoms with van der Waals surface area (Å²) in [6.07, 6.45) is 1.87. The van der Waals surface area contributed by atoms with Crippen LogP contribution in [-0.2, 0) is 0 Å². The van der Waals surface area contributed by atoms with Crippen LogP contribution >= 0.6 is 11.6 Å². The van der Waals surface area contributed by atoms with Crippen LogP contribution in [0.3, 0.4) is 0 Å². The van der Waals surface area contributed by atoms with Crippen molar-refractivity contribution in [3.63, 3.8) is 0 Å². The zero-order valence-corrected chi connectivity index (χ0v) is 14.9. The quantitative estimate of drug-likeness (QED) is 0.735. The minimum absolute atomic E-state index is 0.00895. The van der Waals surface area contributed by atoms with Gasteiger partial charge in [-0.15, -0.1) is 0 Å². The summed E-state index contributed by atoms with van der Waals surface area (Å²) < 4.78 is 1.87. The average molecular weight is 358 g/mol. The van der Waals surface area contributed by atoms with Gasteiger partial charge in [0.2, 0.25) is 0 Å². The molecule has 0 unspecified atom stereocenters. The molecule has 2 N–H and O–H groups in total. The number of hydrogen-bond donors (Lipinski definition) is 2. The molecular formula is C19H20ClN3O2. The lowest BCUT2D eigenvalue weighted by molar-refractivity contribution is 0.0908. The van der Waals surface area contributed by atoms with Crippen molar-refractivity contribution in [3.8, 4) is 11.4 Å². The molecule has 6 heteroatoms. The highest BCUT2D eigenvalue weighted by molar-refractivity contribution is 6.30. The molecule has 1 aromatic carbocycles. The number of benzene rings is 1. The molecule has 0 fully saturated rings. The summed E-state index contributed by atoms with van der Waals surface area (Å²) in [5.74, 6) is 0.392. The lowest BCUT2D eigenvalue weighted by Crippen LogP contribution is -2.36. The Morgan fingerprint density at radius 2 is 2.08 bits per heavy atom. The Morgan fingerprint density at radius 3 is 2.80 bits per heavy atom. The summed E-state index contributed by atoms with van der Waals surface area (Å²) in [5.41, 5.74) is 1.52. The fourth-order valence-electron chi connectivity index (χ4n) is 2.50. The number of aliphatic hydroxyl groups is 1. The number of rotatable bonds is 5. The molecule has 0 aliphatic carbocycles. The average Bonchev–Trinajstić information content (AvgIpc) is 3.00. The van der Waals surface area contributed by atoms with Gasteiger partial charge in [0, 0.05) is 35.3 Å².